The summed E-state index contributed by atoms with van der Waals surface area (Å²) in [6.45, 7) is 6.38. The smallest absolute Gasteiger partial charge is 0.117 e. The number of nitrogens with one attached hydrogen (secondary N) is 1. The maximum Gasteiger partial charge on any atom is 0.117 e. The molecule has 2 nitrogen and oxygen atoms in total. The van der Waals surface area contributed by atoms with Crippen LogP contribution in [0.1, 0.15) is 26.0 Å². The lowest BCUT2D eigenvalue weighted by Gasteiger charge is -2.04. The molecule has 0 saturated heterocycles. The van der Waals surface area contributed by atoms with Crippen LogP contribution in [-0.2, 0) is 6.54 Å². The number of rotatable bonds is 5. The van der Waals surface area contributed by atoms with Crippen molar-refractivity contribution in [2.75, 3.05) is 6.54 Å². The molecule has 0 saturated carbocycles. The fourth-order valence-electron chi connectivity index (χ4n) is 1.02. The summed E-state index contributed by atoms with van der Waals surface area (Å²) in [5.41, 5.74) is 0. The van der Waals surface area contributed by atoms with Crippen molar-refractivity contribution in [2.45, 2.75) is 26.8 Å². The molecule has 3 heteroatoms. The number of furan rings is 1. The van der Waals surface area contributed by atoms with Gasteiger partial charge >= 0.3 is 0 Å². The molecule has 0 bridgehead atoms. The highest BCUT2D eigenvalue weighted by Crippen LogP contribution is 2.00. The molecule has 0 fully saturated rings. The molecule has 0 aromatic carbocycles. The van der Waals surface area contributed by atoms with Crippen LogP contribution in [0.3, 0.4) is 0 Å². The molecule has 0 aliphatic rings. The molecule has 0 aliphatic heterocycles. The van der Waals surface area contributed by atoms with E-state index in [2.05, 4.69) is 19.2 Å². The summed E-state index contributed by atoms with van der Waals surface area (Å²) >= 11 is 0. The van der Waals surface area contributed by atoms with Crippen molar-refractivity contribution >= 4 is 12.4 Å². The maximum atomic E-state index is 5.18. The van der Waals surface area contributed by atoms with Gasteiger partial charge in [-0.15, -0.1) is 12.4 Å². The standard InChI is InChI=1S/C10H17NO.ClH/c1-9(2)5-6-11-8-10-4-3-7-12-10;/h3-4,7,9,11H,5-6,8H2,1-2H3;1H. The Balaban J connectivity index is 0.00000144. The van der Waals surface area contributed by atoms with Crippen molar-refractivity contribution in [1.82, 2.24) is 5.32 Å². The highest BCUT2D eigenvalue weighted by molar-refractivity contribution is 5.85. The van der Waals surface area contributed by atoms with Gasteiger partial charge in [0.15, 0.2) is 0 Å². The van der Waals surface area contributed by atoms with Gasteiger partial charge in [0.2, 0.25) is 0 Å². The molecule has 1 N–H and O–H groups in total. The molecule has 0 spiro atoms. The molecule has 1 aromatic heterocycles. The zero-order valence-electron chi connectivity index (χ0n) is 8.25. The first-order valence-corrected chi connectivity index (χ1v) is 4.52. The molecule has 1 aromatic rings. The summed E-state index contributed by atoms with van der Waals surface area (Å²) in [5, 5.41) is 3.33. The van der Waals surface area contributed by atoms with Gasteiger partial charge in [-0.1, -0.05) is 13.8 Å². The largest absolute Gasteiger partial charge is 0.468 e. The highest BCUT2D eigenvalue weighted by Gasteiger charge is 1.95. The highest BCUT2D eigenvalue weighted by atomic mass is 35.5. The van der Waals surface area contributed by atoms with Crippen LogP contribution in [0, 0.1) is 5.92 Å². The quantitative estimate of drug-likeness (QED) is 0.745. The maximum absolute atomic E-state index is 5.18. The van der Waals surface area contributed by atoms with Gasteiger partial charge < -0.3 is 9.73 Å². The van der Waals surface area contributed by atoms with Crippen molar-refractivity contribution in [3.05, 3.63) is 24.2 Å². The number of halogens is 1. The van der Waals surface area contributed by atoms with Crippen molar-refractivity contribution in [3.63, 3.8) is 0 Å². The van der Waals surface area contributed by atoms with Gasteiger partial charge in [0.1, 0.15) is 5.76 Å². The monoisotopic (exact) mass is 203 g/mol. The van der Waals surface area contributed by atoms with Gasteiger partial charge in [-0.25, -0.2) is 0 Å². The normalized spacial score (nSPS) is 10.1. The van der Waals surface area contributed by atoms with Crippen LogP contribution in [0.4, 0.5) is 0 Å². The van der Waals surface area contributed by atoms with Crippen LogP contribution in [0.2, 0.25) is 0 Å². The van der Waals surface area contributed by atoms with E-state index in [9.17, 15) is 0 Å². The van der Waals surface area contributed by atoms with E-state index in [4.69, 9.17) is 4.42 Å². The van der Waals surface area contributed by atoms with Crippen LogP contribution in [0.15, 0.2) is 22.8 Å². The Bertz CT molecular complexity index is 197. The fourth-order valence-corrected chi connectivity index (χ4v) is 1.02. The first-order valence-electron chi connectivity index (χ1n) is 4.52. The molecule has 1 rings (SSSR count). The zero-order chi connectivity index (χ0) is 8.81. The summed E-state index contributed by atoms with van der Waals surface area (Å²) in [7, 11) is 0. The van der Waals surface area contributed by atoms with E-state index in [-0.39, 0.29) is 12.4 Å². The Morgan fingerprint density at radius 1 is 1.46 bits per heavy atom. The lowest BCUT2D eigenvalue weighted by Crippen LogP contribution is -2.15. The van der Waals surface area contributed by atoms with Crippen molar-refractivity contribution in [1.29, 1.82) is 0 Å². The Kier molecular flexibility index (Phi) is 6.73. The number of hydrogen-bond acceptors (Lipinski definition) is 2. The molecule has 1 heterocycles. The second kappa shape index (κ2) is 6.98. The van der Waals surface area contributed by atoms with E-state index in [1.807, 2.05) is 12.1 Å². The molecule has 0 unspecified atom stereocenters. The minimum Gasteiger partial charge on any atom is -0.468 e. The van der Waals surface area contributed by atoms with Gasteiger partial charge in [0.25, 0.3) is 0 Å². The summed E-state index contributed by atoms with van der Waals surface area (Å²) in [5.74, 6) is 1.79. The molecule has 13 heavy (non-hydrogen) atoms. The van der Waals surface area contributed by atoms with E-state index in [1.54, 1.807) is 6.26 Å². The minimum atomic E-state index is 0. The second-order valence-corrected chi connectivity index (χ2v) is 3.44. The van der Waals surface area contributed by atoms with Gasteiger partial charge in [-0.05, 0) is 31.0 Å². The Labute approximate surface area is 86.1 Å². The molecule has 0 amide bonds. The van der Waals surface area contributed by atoms with E-state index in [1.165, 1.54) is 6.42 Å². The SMILES string of the molecule is CC(C)CCNCc1ccco1.Cl. The molecular weight excluding hydrogens is 186 g/mol. The summed E-state index contributed by atoms with van der Waals surface area (Å²) in [6.07, 6.45) is 2.93. The lowest BCUT2D eigenvalue weighted by molar-refractivity contribution is 0.467. The van der Waals surface area contributed by atoms with E-state index in [0.717, 1.165) is 24.8 Å². The average Bonchev–Trinajstić information content (AvgIpc) is 2.49. The molecular formula is C10H18ClNO. The minimum absolute atomic E-state index is 0. The van der Waals surface area contributed by atoms with Crippen molar-refractivity contribution in [2.24, 2.45) is 5.92 Å². The van der Waals surface area contributed by atoms with Crippen LogP contribution >= 0.6 is 12.4 Å². The Morgan fingerprint density at radius 3 is 2.77 bits per heavy atom. The molecule has 76 valence electrons. The van der Waals surface area contributed by atoms with Crippen LogP contribution in [0.25, 0.3) is 0 Å². The van der Waals surface area contributed by atoms with E-state index >= 15 is 0 Å². The van der Waals surface area contributed by atoms with Gasteiger partial charge in [0, 0.05) is 0 Å². The fraction of sp³-hybridized carbons (Fsp3) is 0.600. The first-order chi connectivity index (χ1) is 5.79. The molecule has 0 atom stereocenters. The summed E-state index contributed by atoms with van der Waals surface area (Å²) in [4.78, 5) is 0. The molecule has 0 aliphatic carbocycles. The van der Waals surface area contributed by atoms with E-state index in [0.29, 0.717) is 0 Å². The number of hydrogen-bond donors (Lipinski definition) is 1. The van der Waals surface area contributed by atoms with Crippen LogP contribution < -0.4 is 5.32 Å². The van der Waals surface area contributed by atoms with E-state index < -0.39 is 0 Å². The Morgan fingerprint density at radius 2 is 2.23 bits per heavy atom. The average molecular weight is 204 g/mol. The zero-order valence-corrected chi connectivity index (χ0v) is 9.06. The van der Waals surface area contributed by atoms with Crippen molar-refractivity contribution < 1.29 is 4.42 Å². The lowest BCUT2D eigenvalue weighted by atomic mass is 10.1. The van der Waals surface area contributed by atoms with Crippen LogP contribution in [-0.4, -0.2) is 6.54 Å². The summed E-state index contributed by atoms with van der Waals surface area (Å²) in [6, 6.07) is 3.90. The van der Waals surface area contributed by atoms with Crippen molar-refractivity contribution in [3.8, 4) is 0 Å². The van der Waals surface area contributed by atoms with Gasteiger partial charge in [0.05, 0.1) is 12.8 Å². The third kappa shape index (κ3) is 5.72. The third-order valence-corrected chi connectivity index (χ3v) is 1.78. The van der Waals surface area contributed by atoms with Gasteiger partial charge in [-0.2, -0.15) is 0 Å². The predicted molar refractivity (Wildman–Crippen MR) is 57.1 cm³/mol. The summed E-state index contributed by atoms with van der Waals surface area (Å²) < 4.78 is 5.18. The first kappa shape index (κ1) is 12.5. The molecule has 0 radical (unpaired) electrons. The van der Waals surface area contributed by atoms with Gasteiger partial charge in [-0.3, -0.25) is 0 Å². The topological polar surface area (TPSA) is 25.2 Å². The van der Waals surface area contributed by atoms with Crippen LogP contribution in [0.5, 0.6) is 0 Å². The predicted octanol–water partition coefficient (Wildman–Crippen LogP) is 2.84. The Hall–Kier alpha value is -0.470. The third-order valence-electron chi connectivity index (χ3n) is 1.78. The second-order valence-electron chi connectivity index (χ2n) is 3.44.